The second-order valence-electron chi connectivity index (χ2n) is 3.99. The zero-order valence-corrected chi connectivity index (χ0v) is 10.5. The Balaban J connectivity index is 2.26. The summed E-state index contributed by atoms with van der Waals surface area (Å²) in [4.78, 5) is 11.3. The monoisotopic (exact) mass is 276 g/mol. The third-order valence-electron chi connectivity index (χ3n) is 2.38. The molecule has 0 fully saturated rings. The average Bonchev–Trinajstić information content (AvgIpc) is 2.35. The molecule has 0 saturated heterocycles. The van der Waals surface area contributed by atoms with Crippen LogP contribution >= 0.6 is 0 Å². The molecule has 0 saturated carbocycles. The Morgan fingerprint density at radius 3 is 2.37 bits per heavy atom. The maximum absolute atomic E-state index is 11.8. The van der Waals surface area contributed by atoms with Gasteiger partial charge in [-0.05, 0) is 24.1 Å². The lowest BCUT2D eigenvalue weighted by molar-refractivity contribution is -0.175. The molecule has 0 aliphatic rings. The van der Waals surface area contributed by atoms with Crippen molar-refractivity contribution in [3.63, 3.8) is 0 Å². The fourth-order valence-electron chi connectivity index (χ4n) is 1.43. The van der Waals surface area contributed by atoms with Crippen LogP contribution in [0.15, 0.2) is 24.3 Å². The molecule has 106 valence electrons. The van der Waals surface area contributed by atoms with Crippen LogP contribution in [-0.4, -0.2) is 32.3 Å². The standard InChI is InChI=1S/C13H15F3O3/c1-18-12-6-3-10(4-7-12)2-5-11(17)8-19-9-13(14,15)16/h3-4,6-7H,2,5,8-9H2,1H3. The lowest BCUT2D eigenvalue weighted by atomic mass is 10.1. The molecule has 0 aromatic heterocycles. The third kappa shape index (κ3) is 6.81. The summed E-state index contributed by atoms with van der Waals surface area (Å²) in [5, 5.41) is 0. The summed E-state index contributed by atoms with van der Waals surface area (Å²) in [7, 11) is 1.55. The van der Waals surface area contributed by atoms with Crippen molar-refractivity contribution in [2.24, 2.45) is 0 Å². The number of carbonyl (C=O) groups excluding carboxylic acids is 1. The van der Waals surface area contributed by atoms with E-state index in [0.717, 1.165) is 5.56 Å². The average molecular weight is 276 g/mol. The molecular formula is C13H15F3O3. The normalized spacial score (nSPS) is 11.4. The second-order valence-corrected chi connectivity index (χ2v) is 3.99. The molecule has 0 unspecified atom stereocenters. The van der Waals surface area contributed by atoms with Crippen molar-refractivity contribution in [2.75, 3.05) is 20.3 Å². The van der Waals surface area contributed by atoms with Crippen LogP contribution in [0.1, 0.15) is 12.0 Å². The number of benzene rings is 1. The lowest BCUT2D eigenvalue weighted by Crippen LogP contribution is -2.20. The molecule has 1 aromatic rings. The molecule has 0 radical (unpaired) electrons. The van der Waals surface area contributed by atoms with E-state index < -0.39 is 19.4 Å². The summed E-state index contributed by atoms with van der Waals surface area (Å²) < 4.78 is 44.6. The van der Waals surface area contributed by atoms with Crippen molar-refractivity contribution in [3.8, 4) is 5.75 Å². The Kier molecular flexibility index (Phi) is 5.82. The summed E-state index contributed by atoms with van der Waals surface area (Å²) in [6, 6.07) is 7.14. The van der Waals surface area contributed by atoms with E-state index in [1.165, 1.54) is 0 Å². The first-order valence-electron chi connectivity index (χ1n) is 5.70. The van der Waals surface area contributed by atoms with Crippen molar-refractivity contribution < 1.29 is 27.4 Å². The summed E-state index contributed by atoms with van der Waals surface area (Å²) in [6.45, 7) is -1.89. The van der Waals surface area contributed by atoms with Crippen molar-refractivity contribution in [1.29, 1.82) is 0 Å². The number of alkyl halides is 3. The predicted molar refractivity (Wildman–Crippen MR) is 63.2 cm³/mol. The predicted octanol–water partition coefficient (Wildman–Crippen LogP) is 2.78. The first-order chi connectivity index (χ1) is 8.90. The van der Waals surface area contributed by atoms with Gasteiger partial charge in [0.1, 0.15) is 19.0 Å². The topological polar surface area (TPSA) is 35.5 Å². The number of Topliss-reactive ketones (excluding diaryl/α,β-unsaturated/α-hetero) is 1. The lowest BCUT2D eigenvalue weighted by Gasteiger charge is -2.07. The highest BCUT2D eigenvalue weighted by molar-refractivity contribution is 5.79. The minimum atomic E-state index is -4.39. The number of methoxy groups -OCH3 is 1. The van der Waals surface area contributed by atoms with Gasteiger partial charge in [-0.15, -0.1) is 0 Å². The van der Waals surface area contributed by atoms with E-state index in [-0.39, 0.29) is 12.2 Å². The second kappa shape index (κ2) is 7.13. The number of hydrogen-bond acceptors (Lipinski definition) is 3. The van der Waals surface area contributed by atoms with Crippen LogP contribution in [0.25, 0.3) is 0 Å². The van der Waals surface area contributed by atoms with Crippen LogP contribution in [0.3, 0.4) is 0 Å². The molecule has 0 heterocycles. The van der Waals surface area contributed by atoms with Crippen molar-refractivity contribution >= 4 is 5.78 Å². The first kappa shape index (κ1) is 15.5. The Bertz CT molecular complexity index is 399. The SMILES string of the molecule is COc1ccc(CCC(=O)COCC(F)(F)F)cc1. The van der Waals surface area contributed by atoms with E-state index in [4.69, 9.17) is 4.74 Å². The van der Waals surface area contributed by atoms with Crippen LogP contribution in [0, 0.1) is 0 Å². The molecule has 0 atom stereocenters. The van der Waals surface area contributed by atoms with Gasteiger partial charge in [0.15, 0.2) is 5.78 Å². The number of hydrogen-bond donors (Lipinski definition) is 0. The molecule has 0 bridgehead atoms. The van der Waals surface area contributed by atoms with E-state index >= 15 is 0 Å². The summed E-state index contributed by atoms with van der Waals surface area (Å²) in [5.41, 5.74) is 0.921. The van der Waals surface area contributed by atoms with Gasteiger partial charge in [0.2, 0.25) is 0 Å². The van der Waals surface area contributed by atoms with Gasteiger partial charge < -0.3 is 9.47 Å². The quantitative estimate of drug-likeness (QED) is 0.768. The van der Waals surface area contributed by atoms with Gasteiger partial charge >= 0.3 is 6.18 Å². The molecule has 0 amide bonds. The summed E-state index contributed by atoms with van der Waals surface area (Å²) >= 11 is 0. The van der Waals surface area contributed by atoms with Gasteiger partial charge in [-0.2, -0.15) is 13.2 Å². The van der Waals surface area contributed by atoms with Crippen molar-refractivity contribution in [2.45, 2.75) is 19.0 Å². The molecule has 0 N–H and O–H groups in total. The first-order valence-corrected chi connectivity index (χ1v) is 5.70. The Morgan fingerprint density at radius 2 is 1.84 bits per heavy atom. The molecule has 0 aliphatic carbocycles. The third-order valence-corrected chi connectivity index (χ3v) is 2.38. The van der Waals surface area contributed by atoms with Crippen LogP contribution < -0.4 is 4.74 Å². The smallest absolute Gasteiger partial charge is 0.411 e. The maximum Gasteiger partial charge on any atom is 0.411 e. The molecule has 1 rings (SSSR count). The van der Waals surface area contributed by atoms with Gasteiger partial charge in [-0.3, -0.25) is 4.79 Å². The van der Waals surface area contributed by atoms with Gasteiger partial charge in [0, 0.05) is 6.42 Å². The molecule has 3 nitrogen and oxygen atoms in total. The number of rotatable bonds is 7. The molecular weight excluding hydrogens is 261 g/mol. The number of ether oxygens (including phenoxy) is 2. The van der Waals surface area contributed by atoms with E-state index in [9.17, 15) is 18.0 Å². The van der Waals surface area contributed by atoms with E-state index in [1.807, 2.05) is 12.1 Å². The molecule has 19 heavy (non-hydrogen) atoms. The van der Waals surface area contributed by atoms with Gasteiger partial charge in [-0.25, -0.2) is 0 Å². The van der Waals surface area contributed by atoms with Gasteiger partial charge in [-0.1, -0.05) is 12.1 Å². The minimum absolute atomic E-state index is 0.157. The van der Waals surface area contributed by atoms with E-state index in [2.05, 4.69) is 4.74 Å². The maximum atomic E-state index is 11.8. The van der Waals surface area contributed by atoms with Crippen LogP contribution in [0.4, 0.5) is 13.2 Å². The Hall–Kier alpha value is -1.56. The van der Waals surface area contributed by atoms with Crippen LogP contribution in [0.2, 0.25) is 0 Å². The highest BCUT2D eigenvalue weighted by Gasteiger charge is 2.27. The fraction of sp³-hybridized carbons (Fsp3) is 0.462. The zero-order chi connectivity index (χ0) is 14.3. The Labute approximate surface area is 109 Å². The zero-order valence-electron chi connectivity index (χ0n) is 10.5. The van der Waals surface area contributed by atoms with Gasteiger partial charge in [0.25, 0.3) is 0 Å². The highest BCUT2D eigenvalue weighted by atomic mass is 19.4. The highest BCUT2D eigenvalue weighted by Crippen LogP contribution is 2.15. The van der Waals surface area contributed by atoms with E-state index in [1.54, 1.807) is 19.2 Å². The number of aryl methyl sites for hydroxylation is 1. The molecule has 0 spiro atoms. The molecule has 0 aliphatic heterocycles. The number of ketones is 1. The minimum Gasteiger partial charge on any atom is -0.497 e. The number of halogens is 3. The van der Waals surface area contributed by atoms with E-state index in [0.29, 0.717) is 12.2 Å². The summed E-state index contributed by atoms with van der Waals surface area (Å²) in [5.74, 6) is 0.364. The molecule has 6 heteroatoms. The van der Waals surface area contributed by atoms with Crippen LogP contribution in [-0.2, 0) is 16.0 Å². The van der Waals surface area contributed by atoms with Gasteiger partial charge in [0.05, 0.1) is 7.11 Å². The number of carbonyl (C=O) groups is 1. The van der Waals surface area contributed by atoms with Crippen LogP contribution in [0.5, 0.6) is 5.75 Å². The van der Waals surface area contributed by atoms with Crippen molar-refractivity contribution in [1.82, 2.24) is 0 Å². The molecule has 1 aromatic carbocycles. The summed E-state index contributed by atoms with van der Waals surface area (Å²) in [6.07, 6.45) is -3.77. The van der Waals surface area contributed by atoms with Crippen molar-refractivity contribution in [3.05, 3.63) is 29.8 Å². The largest absolute Gasteiger partial charge is 0.497 e. The Morgan fingerprint density at radius 1 is 1.21 bits per heavy atom. The fourth-order valence-corrected chi connectivity index (χ4v) is 1.43.